The summed E-state index contributed by atoms with van der Waals surface area (Å²) in [5.74, 6) is 0.856. The van der Waals surface area contributed by atoms with Crippen molar-refractivity contribution >= 4 is 0 Å². The Kier molecular flexibility index (Phi) is 4.98. The van der Waals surface area contributed by atoms with Crippen molar-refractivity contribution in [1.29, 1.82) is 0 Å². The molecule has 2 heterocycles. The molecule has 1 aliphatic heterocycles. The quantitative estimate of drug-likeness (QED) is 0.887. The van der Waals surface area contributed by atoms with Crippen LogP contribution in [0, 0.1) is 6.92 Å². The lowest BCUT2D eigenvalue weighted by Gasteiger charge is -2.17. The van der Waals surface area contributed by atoms with Crippen LogP contribution in [0.15, 0.2) is 30.3 Å². The summed E-state index contributed by atoms with van der Waals surface area (Å²) in [5, 5.41) is 8.11. The maximum absolute atomic E-state index is 5.46. The lowest BCUT2D eigenvalue weighted by molar-refractivity contribution is 0.319. The molecule has 0 amide bonds. The first-order valence-electron chi connectivity index (χ1n) is 8.23. The summed E-state index contributed by atoms with van der Waals surface area (Å²) in [5.41, 5.74) is 3.59. The summed E-state index contributed by atoms with van der Waals surface area (Å²) >= 11 is 0. The van der Waals surface area contributed by atoms with Gasteiger partial charge in [0.25, 0.3) is 0 Å². The van der Waals surface area contributed by atoms with E-state index in [9.17, 15) is 0 Å². The summed E-state index contributed by atoms with van der Waals surface area (Å²) < 4.78 is 7.27. The van der Waals surface area contributed by atoms with Gasteiger partial charge in [0.1, 0.15) is 0 Å². The molecule has 1 atom stereocenters. The monoisotopic (exact) mass is 314 g/mol. The molecule has 124 valence electrons. The van der Waals surface area contributed by atoms with Gasteiger partial charge in [-0.15, -0.1) is 0 Å². The highest BCUT2D eigenvalue weighted by molar-refractivity contribution is 5.30. The average molecular weight is 314 g/mol. The Bertz CT molecular complexity index is 638. The number of nitrogens with zero attached hydrogens (tertiary/aromatic N) is 3. The van der Waals surface area contributed by atoms with Crippen molar-refractivity contribution in [3.8, 4) is 5.88 Å². The summed E-state index contributed by atoms with van der Waals surface area (Å²) in [4.78, 5) is 2.51. The molecular weight excluding hydrogens is 288 g/mol. The summed E-state index contributed by atoms with van der Waals surface area (Å²) in [7, 11) is 3.63. The second kappa shape index (κ2) is 7.15. The van der Waals surface area contributed by atoms with Gasteiger partial charge >= 0.3 is 0 Å². The van der Waals surface area contributed by atoms with Crippen molar-refractivity contribution in [1.82, 2.24) is 20.0 Å². The minimum absolute atomic E-state index is 0.531. The Hall–Kier alpha value is -1.85. The molecule has 2 aromatic rings. The van der Waals surface area contributed by atoms with Gasteiger partial charge in [-0.3, -0.25) is 4.90 Å². The van der Waals surface area contributed by atoms with Crippen LogP contribution in [0.1, 0.15) is 23.2 Å². The van der Waals surface area contributed by atoms with Crippen molar-refractivity contribution in [2.24, 2.45) is 7.05 Å². The lowest BCUT2D eigenvalue weighted by Crippen LogP contribution is -2.32. The highest BCUT2D eigenvalue weighted by Gasteiger charge is 2.23. The van der Waals surface area contributed by atoms with E-state index in [0.29, 0.717) is 6.04 Å². The molecule has 0 saturated carbocycles. The van der Waals surface area contributed by atoms with E-state index in [2.05, 4.69) is 45.6 Å². The van der Waals surface area contributed by atoms with Gasteiger partial charge in [0, 0.05) is 39.3 Å². The Morgan fingerprint density at radius 1 is 1.30 bits per heavy atom. The topological polar surface area (TPSA) is 42.3 Å². The maximum Gasteiger partial charge on any atom is 0.216 e. The van der Waals surface area contributed by atoms with E-state index in [4.69, 9.17) is 4.74 Å². The molecular formula is C18H26N4O. The smallest absolute Gasteiger partial charge is 0.216 e. The Labute approximate surface area is 138 Å². The Morgan fingerprint density at radius 2 is 2.09 bits per heavy atom. The molecule has 0 spiro atoms. The largest absolute Gasteiger partial charge is 0.481 e. The van der Waals surface area contributed by atoms with Crippen LogP contribution in [0.25, 0.3) is 0 Å². The van der Waals surface area contributed by atoms with Gasteiger partial charge in [-0.2, -0.15) is 5.10 Å². The molecule has 1 N–H and O–H groups in total. The number of aryl methyl sites for hydroxylation is 2. The van der Waals surface area contributed by atoms with Crippen molar-refractivity contribution in [3.05, 3.63) is 47.2 Å². The normalized spacial score (nSPS) is 18.5. The second-order valence-electron chi connectivity index (χ2n) is 6.28. The van der Waals surface area contributed by atoms with Gasteiger partial charge in [0.15, 0.2) is 0 Å². The first-order chi connectivity index (χ1) is 11.2. The zero-order valence-electron chi connectivity index (χ0n) is 14.2. The number of ether oxygens (including phenoxy) is 1. The number of hydrogen-bond acceptors (Lipinski definition) is 4. The molecule has 5 nitrogen and oxygen atoms in total. The molecule has 1 fully saturated rings. The van der Waals surface area contributed by atoms with Gasteiger partial charge in [-0.05, 0) is 18.9 Å². The molecule has 1 aliphatic rings. The fourth-order valence-corrected chi connectivity index (χ4v) is 3.37. The average Bonchev–Trinajstić information content (AvgIpc) is 3.10. The van der Waals surface area contributed by atoms with Gasteiger partial charge < -0.3 is 10.1 Å². The Balaban J connectivity index is 1.53. The standard InChI is InChI=1S/C18H26N4O/c1-14-17(18(23-3)21(2)20-14)11-19-16-9-10-22(13-16)12-15-7-5-4-6-8-15/h4-8,16,19H,9-13H2,1-3H3/t16-/m1/s1. The third-order valence-corrected chi connectivity index (χ3v) is 4.57. The molecule has 1 aromatic carbocycles. The number of aromatic nitrogens is 2. The van der Waals surface area contributed by atoms with Crippen LogP contribution in [0.2, 0.25) is 0 Å². The van der Waals surface area contributed by atoms with E-state index in [0.717, 1.165) is 43.3 Å². The minimum atomic E-state index is 0.531. The van der Waals surface area contributed by atoms with Crippen LogP contribution >= 0.6 is 0 Å². The summed E-state index contributed by atoms with van der Waals surface area (Å²) in [6.07, 6.45) is 1.19. The number of rotatable bonds is 6. The van der Waals surface area contributed by atoms with Gasteiger partial charge in [0.2, 0.25) is 5.88 Å². The third kappa shape index (κ3) is 3.74. The zero-order chi connectivity index (χ0) is 16.2. The highest BCUT2D eigenvalue weighted by atomic mass is 16.5. The fourth-order valence-electron chi connectivity index (χ4n) is 3.37. The molecule has 0 bridgehead atoms. The summed E-state index contributed by atoms with van der Waals surface area (Å²) in [6, 6.07) is 11.2. The van der Waals surface area contributed by atoms with Crippen LogP contribution in [0.3, 0.4) is 0 Å². The van der Waals surface area contributed by atoms with Crippen LogP contribution in [-0.4, -0.2) is 40.9 Å². The van der Waals surface area contributed by atoms with Crippen molar-refractivity contribution in [2.75, 3.05) is 20.2 Å². The predicted molar refractivity (Wildman–Crippen MR) is 91.5 cm³/mol. The van der Waals surface area contributed by atoms with Gasteiger partial charge in [-0.1, -0.05) is 30.3 Å². The van der Waals surface area contributed by atoms with E-state index in [1.54, 1.807) is 7.11 Å². The number of nitrogens with one attached hydrogen (secondary N) is 1. The van der Waals surface area contributed by atoms with Gasteiger partial charge in [0.05, 0.1) is 18.4 Å². The number of benzene rings is 1. The van der Waals surface area contributed by atoms with Crippen LogP contribution in [0.5, 0.6) is 5.88 Å². The second-order valence-corrected chi connectivity index (χ2v) is 6.28. The first-order valence-corrected chi connectivity index (χ1v) is 8.23. The third-order valence-electron chi connectivity index (χ3n) is 4.57. The number of likely N-dealkylation sites (tertiary alicyclic amines) is 1. The number of hydrogen-bond donors (Lipinski definition) is 1. The molecule has 1 aromatic heterocycles. The molecule has 3 rings (SSSR count). The maximum atomic E-state index is 5.46. The van der Waals surface area contributed by atoms with Gasteiger partial charge in [-0.25, -0.2) is 4.68 Å². The molecule has 23 heavy (non-hydrogen) atoms. The van der Waals surface area contributed by atoms with Crippen molar-refractivity contribution in [2.45, 2.75) is 32.5 Å². The SMILES string of the molecule is COc1c(CN[C@@H]2CCN(Cc3ccccc3)C2)c(C)nn1C. The molecule has 0 unspecified atom stereocenters. The van der Waals surface area contributed by atoms with Crippen molar-refractivity contribution in [3.63, 3.8) is 0 Å². The minimum Gasteiger partial charge on any atom is -0.481 e. The molecule has 0 aliphatic carbocycles. The van der Waals surface area contributed by atoms with Crippen LogP contribution < -0.4 is 10.1 Å². The van der Waals surface area contributed by atoms with Crippen LogP contribution in [-0.2, 0) is 20.1 Å². The Morgan fingerprint density at radius 3 is 2.83 bits per heavy atom. The van der Waals surface area contributed by atoms with Crippen LogP contribution in [0.4, 0.5) is 0 Å². The fraction of sp³-hybridized carbons (Fsp3) is 0.500. The highest BCUT2D eigenvalue weighted by Crippen LogP contribution is 2.21. The van der Waals surface area contributed by atoms with E-state index in [-0.39, 0.29) is 0 Å². The molecule has 1 saturated heterocycles. The van der Waals surface area contributed by atoms with Crippen molar-refractivity contribution < 1.29 is 4.74 Å². The predicted octanol–water partition coefficient (Wildman–Crippen LogP) is 2.10. The van der Waals surface area contributed by atoms with E-state index in [1.807, 2.05) is 18.7 Å². The van der Waals surface area contributed by atoms with E-state index >= 15 is 0 Å². The molecule has 5 heteroatoms. The van der Waals surface area contributed by atoms with E-state index < -0.39 is 0 Å². The molecule has 0 radical (unpaired) electrons. The lowest BCUT2D eigenvalue weighted by atomic mass is 10.2. The van der Waals surface area contributed by atoms with E-state index in [1.165, 1.54) is 12.0 Å². The summed E-state index contributed by atoms with van der Waals surface area (Å²) in [6.45, 7) is 6.13. The first kappa shape index (κ1) is 16.0. The zero-order valence-corrected chi connectivity index (χ0v) is 14.2. The number of methoxy groups -OCH3 is 1.